The van der Waals surface area contributed by atoms with Gasteiger partial charge in [-0.2, -0.15) is 5.10 Å². The number of hydrogen-bond acceptors (Lipinski definition) is 8. The average Bonchev–Trinajstić information content (AvgIpc) is 3.03. The van der Waals surface area contributed by atoms with Gasteiger partial charge in [-0.3, -0.25) is 4.99 Å². The second-order valence-electron chi connectivity index (χ2n) is 6.63. The van der Waals surface area contributed by atoms with Gasteiger partial charge >= 0.3 is 0 Å². The lowest BCUT2D eigenvalue weighted by Gasteiger charge is -2.23. The maximum absolute atomic E-state index is 14.1. The minimum absolute atomic E-state index is 0.301. The number of amidine groups is 1. The van der Waals surface area contributed by atoms with Gasteiger partial charge in [0, 0.05) is 30.1 Å². The van der Waals surface area contributed by atoms with Crippen molar-refractivity contribution in [1.29, 1.82) is 0 Å². The maximum atomic E-state index is 14.1. The minimum atomic E-state index is -0.616. The summed E-state index contributed by atoms with van der Waals surface area (Å²) in [6, 6.07) is 4.85. The van der Waals surface area contributed by atoms with E-state index < -0.39 is 17.7 Å². The summed E-state index contributed by atoms with van der Waals surface area (Å²) in [5.74, 6) is -0.640. The molecular weight excluding hydrogens is 396 g/mol. The Bertz CT molecular complexity index is 1020. The van der Waals surface area contributed by atoms with Crippen molar-refractivity contribution in [1.82, 2.24) is 15.0 Å². The molecule has 3 atom stereocenters. The summed E-state index contributed by atoms with van der Waals surface area (Å²) in [5.41, 5.74) is 7.17. The zero-order valence-corrected chi connectivity index (χ0v) is 16.6. The summed E-state index contributed by atoms with van der Waals surface area (Å²) in [7, 11) is 0. The SMILES string of the molecule is CSc1nc(N[C@@H](C)c2ccc(F)cc2F)cc(C2C(N)=NN3C=CC=NC23)n1. The highest BCUT2D eigenvalue weighted by atomic mass is 32.2. The van der Waals surface area contributed by atoms with E-state index in [-0.39, 0.29) is 12.1 Å². The summed E-state index contributed by atoms with van der Waals surface area (Å²) in [5, 5.41) is 9.75. The van der Waals surface area contributed by atoms with E-state index in [1.54, 1.807) is 36.5 Å². The lowest BCUT2D eigenvalue weighted by molar-refractivity contribution is 0.310. The van der Waals surface area contributed by atoms with E-state index in [1.165, 1.54) is 23.9 Å². The molecule has 4 rings (SSSR count). The maximum Gasteiger partial charge on any atom is 0.189 e. The van der Waals surface area contributed by atoms with Crippen LogP contribution in [0.15, 0.2) is 51.8 Å². The van der Waals surface area contributed by atoms with Crippen molar-refractivity contribution in [2.24, 2.45) is 15.8 Å². The molecule has 0 bridgehead atoms. The van der Waals surface area contributed by atoms with Crippen molar-refractivity contribution >= 4 is 29.6 Å². The molecule has 1 aromatic heterocycles. The Balaban J connectivity index is 1.64. The van der Waals surface area contributed by atoms with Gasteiger partial charge in [0.05, 0.1) is 11.7 Å². The van der Waals surface area contributed by atoms with Crippen LogP contribution in [0.3, 0.4) is 0 Å². The van der Waals surface area contributed by atoms with Crippen LogP contribution in [0, 0.1) is 11.6 Å². The van der Waals surface area contributed by atoms with Crippen LogP contribution < -0.4 is 11.1 Å². The molecule has 0 saturated heterocycles. The number of nitrogens with zero attached hydrogens (tertiary/aromatic N) is 5. The lowest BCUT2D eigenvalue weighted by atomic mass is 10.0. The van der Waals surface area contributed by atoms with E-state index in [9.17, 15) is 8.78 Å². The van der Waals surface area contributed by atoms with Crippen LogP contribution >= 0.6 is 11.8 Å². The molecule has 2 aliphatic rings. The van der Waals surface area contributed by atoms with Gasteiger partial charge in [0.2, 0.25) is 0 Å². The molecule has 0 aliphatic carbocycles. The van der Waals surface area contributed by atoms with E-state index in [0.717, 1.165) is 6.07 Å². The fourth-order valence-corrected chi connectivity index (χ4v) is 3.71. The van der Waals surface area contributed by atoms with Crippen molar-refractivity contribution in [3.05, 3.63) is 59.4 Å². The Hall–Kier alpha value is -3.01. The van der Waals surface area contributed by atoms with Gasteiger partial charge in [0.25, 0.3) is 0 Å². The summed E-state index contributed by atoms with van der Waals surface area (Å²) < 4.78 is 27.3. The molecule has 0 amide bonds. The number of aromatic nitrogens is 2. The normalized spacial score (nSPS) is 21.1. The zero-order chi connectivity index (χ0) is 20.5. The molecular formula is C19H19F2N7S. The molecule has 2 aliphatic heterocycles. The molecule has 3 heterocycles. The number of nitrogens with one attached hydrogen (secondary N) is 1. The van der Waals surface area contributed by atoms with Crippen LogP contribution in [0.2, 0.25) is 0 Å². The van der Waals surface area contributed by atoms with Crippen LogP contribution in [-0.2, 0) is 0 Å². The van der Waals surface area contributed by atoms with E-state index in [4.69, 9.17) is 5.73 Å². The predicted octanol–water partition coefficient (Wildman–Crippen LogP) is 3.25. The van der Waals surface area contributed by atoms with Crippen molar-refractivity contribution in [2.75, 3.05) is 11.6 Å². The van der Waals surface area contributed by atoms with Crippen LogP contribution in [0.4, 0.5) is 14.6 Å². The predicted molar refractivity (Wildman–Crippen MR) is 110 cm³/mol. The first-order valence-electron chi connectivity index (χ1n) is 8.93. The monoisotopic (exact) mass is 415 g/mol. The van der Waals surface area contributed by atoms with Crippen molar-refractivity contribution in [3.8, 4) is 0 Å². The Morgan fingerprint density at radius 2 is 2.07 bits per heavy atom. The van der Waals surface area contributed by atoms with Gasteiger partial charge < -0.3 is 11.1 Å². The number of anilines is 1. The van der Waals surface area contributed by atoms with Gasteiger partial charge in [0.15, 0.2) is 11.3 Å². The second kappa shape index (κ2) is 7.78. The third kappa shape index (κ3) is 3.80. The summed E-state index contributed by atoms with van der Waals surface area (Å²) in [6.45, 7) is 1.78. The molecule has 0 radical (unpaired) electrons. The molecule has 2 aromatic rings. The molecule has 0 saturated carbocycles. The summed E-state index contributed by atoms with van der Waals surface area (Å²) in [6.07, 6.45) is 6.86. The molecule has 29 heavy (non-hydrogen) atoms. The van der Waals surface area contributed by atoms with Crippen LogP contribution in [0.1, 0.15) is 30.1 Å². The molecule has 3 N–H and O–H groups in total. The van der Waals surface area contributed by atoms with Gasteiger partial charge in [-0.25, -0.2) is 23.8 Å². The van der Waals surface area contributed by atoms with Crippen LogP contribution in [0.5, 0.6) is 0 Å². The quantitative estimate of drug-likeness (QED) is 0.575. The average molecular weight is 415 g/mol. The first-order valence-corrected chi connectivity index (χ1v) is 10.2. The number of hydrazone groups is 1. The largest absolute Gasteiger partial charge is 0.385 e. The summed E-state index contributed by atoms with van der Waals surface area (Å²) >= 11 is 1.38. The van der Waals surface area contributed by atoms with Gasteiger partial charge in [-0.05, 0) is 25.3 Å². The first-order chi connectivity index (χ1) is 14.0. The zero-order valence-electron chi connectivity index (χ0n) is 15.8. The first kappa shape index (κ1) is 19.3. The van der Waals surface area contributed by atoms with Crippen molar-refractivity contribution < 1.29 is 8.78 Å². The number of allylic oxidation sites excluding steroid dienone is 1. The number of benzene rings is 1. The number of fused-ring (bicyclic) bond motifs is 1. The molecule has 150 valence electrons. The molecule has 7 nitrogen and oxygen atoms in total. The molecule has 2 unspecified atom stereocenters. The third-order valence-corrected chi connectivity index (χ3v) is 5.25. The fraction of sp³-hybridized carbons (Fsp3) is 0.263. The van der Waals surface area contributed by atoms with Gasteiger partial charge in [0.1, 0.15) is 29.2 Å². The number of aliphatic imine (C=N–C) groups is 1. The topological polar surface area (TPSA) is 91.8 Å². The molecule has 0 spiro atoms. The molecule has 10 heteroatoms. The third-order valence-electron chi connectivity index (χ3n) is 4.70. The minimum Gasteiger partial charge on any atom is -0.385 e. The van der Waals surface area contributed by atoms with E-state index >= 15 is 0 Å². The van der Waals surface area contributed by atoms with Gasteiger partial charge in [-0.1, -0.05) is 17.8 Å². The molecule has 1 aromatic carbocycles. The van der Waals surface area contributed by atoms with E-state index in [0.29, 0.717) is 28.1 Å². The number of nitrogens with two attached hydrogens (primary N) is 1. The highest BCUT2D eigenvalue weighted by Crippen LogP contribution is 2.33. The Morgan fingerprint density at radius 1 is 1.24 bits per heavy atom. The van der Waals surface area contributed by atoms with Crippen LogP contribution in [0.25, 0.3) is 0 Å². The van der Waals surface area contributed by atoms with E-state index in [1.807, 2.05) is 6.26 Å². The van der Waals surface area contributed by atoms with Crippen molar-refractivity contribution in [3.63, 3.8) is 0 Å². The number of hydrogen-bond donors (Lipinski definition) is 2. The Kier molecular flexibility index (Phi) is 5.18. The highest BCUT2D eigenvalue weighted by Gasteiger charge is 2.38. The number of halogens is 2. The molecule has 0 fully saturated rings. The standard InChI is InChI=1S/C19H19F2N7S/c1-10(12-5-4-11(20)8-13(12)21)24-15-9-14(25-19(26-15)29-2)16-17(22)27-28-7-3-6-23-18(16)28/h3-10,16,18H,1-2H3,(H2,22,27)(H,24,25,26)/t10-,16?,18?/m0/s1. The fourth-order valence-electron chi connectivity index (χ4n) is 3.32. The smallest absolute Gasteiger partial charge is 0.189 e. The lowest BCUT2D eigenvalue weighted by Crippen LogP contribution is -2.31. The van der Waals surface area contributed by atoms with E-state index in [2.05, 4.69) is 25.4 Å². The van der Waals surface area contributed by atoms with Crippen molar-refractivity contribution in [2.45, 2.75) is 30.2 Å². The number of thioether (sulfide) groups is 1. The highest BCUT2D eigenvalue weighted by molar-refractivity contribution is 7.98. The summed E-state index contributed by atoms with van der Waals surface area (Å²) in [4.78, 5) is 13.5. The van der Waals surface area contributed by atoms with Gasteiger partial charge in [-0.15, -0.1) is 0 Å². The Morgan fingerprint density at radius 3 is 2.83 bits per heavy atom. The number of rotatable bonds is 5. The Labute approximate surface area is 170 Å². The van der Waals surface area contributed by atoms with Crippen LogP contribution in [-0.4, -0.2) is 39.4 Å². The second-order valence-corrected chi connectivity index (χ2v) is 7.41.